The van der Waals surface area contributed by atoms with Gasteiger partial charge in [-0.2, -0.15) is 0 Å². The zero-order chi connectivity index (χ0) is 33.4. The Bertz CT molecular complexity index is 2040. The molecule has 8 aromatic carbocycles. The van der Waals surface area contributed by atoms with Crippen molar-refractivity contribution in [3.8, 4) is 11.1 Å². The van der Waals surface area contributed by atoms with Gasteiger partial charge in [0.15, 0.2) is 0 Å². The standard InChI is InChI=1S/C44H32P2.2ClH.Ni/c1-5-19-35(20-6-1)45(36-21-7-2-8-22-36)41-31-29-33-17-13-15-27-39(33)43(41)44-40-28-16-14-18-34(40)30-32-42(44)46(37-23-9-3-10-24-37)38-25-11-4-12-26-38;;;/h1-32H;2*1H;/q;;;+2/p-2. The Kier molecular flexibility index (Phi) is 11.2. The molecule has 0 amide bonds. The molecule has 0 radical (unpaired) electrons. The zero-order valence-corrected chi connectivity index (χ0v) is 30.7. The van der Waals surface area contributed by atoms with E-state index in [1.807, 2.05) is 0 Å². The van der Waals surface area contributed by atoms with Crippen molar-refractivity contribution in [2.45, 2.75) is 0 Å². The van der Waals surface area contributed by atoms with Crippen LogP contribution in [0.4, 0.5) is 0 Å². The number of rotatable bonds is 7. The molecule has 8 rings (SSSR count). The molecule has 0 fully saturated rings. The predicted octanol–water partition coefficient (Wildman–Crippen LogP) is 10.6. The average Bonchev–Trinajstić information content (AvgIpc) is 3.17. The van der Waals surface area contributed by atoms with Crippen molar-refractivity contribution in [3.63, 3.8) is 0 Å². The summed E-state index contributed by atoms with van der Waals surface area (Å²) < 4.78 is 0. The largest absolute Gasteiger partial charge is 0.0622 e. The van der Waals surface area contributed by atoms with Crippen LogP contribution in [0.5, 0.6) is 0 Å². The Labute approximate surface area is 305 Å². The van der Waals surface area contributed by atoms with Crippen LogP contribution in [0.2, 0.25) is 0 Å². The van der Waals surface area contributed by atoms with E-state index in [4.69, 9.17) is 20.4 Å². The number of hydrogen-bond donors (Lipinski definition) is 0. The number of halogens is 2. The topological polar surface area (TPSA) is 0 Å². The Morgan fingerprint density at radius 2 is 0.571 bits per heavy atom. The van der Waals surface area contributed by atoms with E-state index in [0.29, 0.717) is 12.7 Å². The zero-order valence-electron chi connectivity index (χ0n) is 26.4. The van der Waals surface area contributed by atoms with Crippen LogP contribution in [-0.2, 0) is 12.7 Å². The molecule has 0 saturated carbocycles. The molecule has 0 spiro atoms. The SMILES string of the molecule is [Cl][Ni][Cl].c1ccc(P(c2ccccc2)c2ccc3ccccc3c2-c2c(P(c3ccccc3)c3ccccc3)ccc3ccccc23)cc1. The van der Waals surface area contributed by atoms with Crippen molar-refractivity contribution in [1.82, 2.24) is 0 Å². The Balaban J connectivity index is 0.00000122. The molecule has 242 valence electrons. The molecule has 0 aliphatic carbocycles. The molecule has 0 unspecified atom stereocenters. The summed E-state index contributed by atoms with van der Waals surface area (Å²) in [6.07, 6.45) is 0. The minimum Gasteiger partial charge on any atom is -0.0622 e. The van der Waals surface area contributed by atoms with Crippen LogP contribution >= 0.6 is 36.2 Å². The normalized spacial score (nSPS) is 11.2. The van der Waals surface area contributed by atoms with E-state index < -0.39 is 15.8 Å². The average molecular weight is 752 g/mol. The molecule has 0 N–H and O–H groups in total. The maximum atomic E-state index is 4.70. The third kappa shape index (κ3) is 7.25. The molecule has 0 atom stereocenters. The minimum atomic E-state index is -0.852. The van der Waals surface area contributed by atoms with E-state index in [2.05, 4.69) is 194 Å². The van der Waals surface area contributed by atoms with Gasteiger partial charge in [-0.3, -0.25) is 0 Å². The van der Waals surface area contributed by atoms with Crippen LogP contribution in [0.25, 0.3) is 32.7 Å². The minimum absolute atomic E-state index is 0.569. The van der Waals surface area contributed by atoms with E-state index >= 15 is 0 Å². The summed E-state index contributed by atoms with van der Waals surface area (Å²) in [4.78, 5) is 0. The first-order valence-corrected chi connectivity index (χ1v) is 21.4. The van der Waals surface area contributed by atoms with E-state index in [9.17, 15) is 0 Å². The molecule has 5 heteroatoms. The van der Waals surface area contributed by atoms with Gasteiger partial charge < -0.3 is 0 Å². The van der Waals surface area contributed by atoms with Gasteiger partial charge in [-0.15, -0.1) is 0 Å². The summed E-state index contributed by atoms with van der Waals surface area (Å²) in [7, 11) is 7.70. The Morgan fingerprint density at radius 1 is 0.306 bits per heavy atom. The summed E-state index contributed by atoms with van der Waals surface area (Å²) in [5.41, 5.74) is 2.70. The third-order valence-corrected chi connectivity index (χ3v) is 13.6. The second-order valence-electron chi connectivity index (χ2n) is 11.4. The van der Waals surface area contributed by atoms with Crippen molar-refractivity contribution >= 4 is 89.6 Å². The van der Waals surface area contributed by atoms with Crippen LogP contribution in [0.1, 0.15) is 0 Å². The van der Waals surface area contributed by atoms with Gasteiger partial charge in [0.1, 0.15) is 0 Å². The first-order chi connectivity index (χ1) is 24.3. The van der Waals surface area contributed by atoms with Crippen LogP contribution in [0, 0.1) is 0 Å². The smallest absolute Gasteiger partial charge is 0.000884 e. The van der Waals surface area contributed by atoms with Crippen molar-refractivity contribution < 1.29 is 12.7 Å². The Morgan fingerprint density at radius 3 is 0.878 bits per heavy atom. The van der Waals surface area contributed by atoms with Gasteiger partial charge in [-0.1, -0.05) is 194 Å². The van der Waals surface area contributed by atoms with Crippen LogP contribution < -0.4 is 31.8 Å². The summed E-state index contributed by atoms with van der Waals surface area (Å²) in [5.74, 6) is 0. The van der Waals surface area contributed by atoms with Gasteiger partial charge in [0, 0.05) is 0 Å². The quantitative estimate of drug-likeness (QED) is 0.112. The second kappa shape index (κ2) is 16.3. The molecule has 0 heterocycles. The fourth-order valence-electron chi connectivity index (χ4n) is 6.58. The molecule has 0 aliphatic rings. The van der Waals surface area contributed by atoms with E-state index in [1.165, 1.54) is 64.5 Å². The van der Waals surface area contributed by atoms with Crippen LogP contribution in [-0.4, -0.2) is 0 Å². The summed E-state index contributed by atoms with van der Waals surface area (Å²) >= 11 is 0.569. The molecule has 0 aromatic heterocycles. The van der Waals surface area contributed by atoms with Crippen molar-refractivity contribution in [2.24, 2.45) is 0 Å². The number of hydrogen-bond acceptors (Lipinski definition) is 0. The van der Waals surface area contributed by atoms with Gasteiger partial charge in [0.2, 0.25) is 0 Å². The molecule has 0 aliphatic heterocycles. The van der Waals surface area contributed by atoms with Gasteiger partial charge in [-0.25, -0.2) is 0 Å². The van der Waals surface area contributed by atoms with E-state index in [-0.39, 0.29) is 0 Å². The molecule has 49 heavy (non-hydrogen) atoms. The van der Waals surface area contributed by atoms with Crippen LogP contribution in [0.15, 0.2) is 194 Å². The van der Waals surface area contributed by atoms with Crippen molar-refractivity contribution in [2.75, 3.05) is 0 Å². The van der Waals surface area contributed by atoms with Crippen LogP contribution in [0.3, 0.4) is 0 Å². The number of benzene rings is 8. The monoisotopic (exact) mass is 750 g/mol. The molecule has 0 bridgehead atoms. The fourth-order valence-corrected chi connectivity index (χ4v) is 11.5. The van der Waals surface area contributed by atoms with E-state index in [0.717, 1.165) is 0 Å². The maximum Gasteiger partial charge on any atom is -0.000884 e. The van der Waals surface area contributed by atoms with E-state index in [1.54, 1.807) is 0 Å². The van der Waals surface area contributed by atoms with Gasteiger partial charge in [0.05, 0.1) is 0 Å². The number of fused-ring (bicyclic) bond motifs is 2. The fraction of sp³-hybridized carbons (Fsp3) is 0. The second-order valence-corrected chi connectivity index (χ2v) is 17.4. The van der Waals surface area contributed by atoms with Gasteiger partial charge in [-0.05, 0) is 80.3 Å². The summed E-state index contributed by atoms with van der Waals surface area (Å²) in [5, 5.41) is 13.3. The van der Waals surface area contributed by atoms with Gasteiger partial charge >= 0.3 is 33.0 Å². The van der Waals surface area contributed by atoms with Gasteiger partial charge in [0.25, 0.3) is 0 Å². The first-order valence-electron chi connectivity index (χ1n) is 15.9. The Hall–Kier alpha value is -3.79. The summed E-state index contributed by atoms with van der Waals surface area (Å²) in [6.45, 7) is 0. The molecular formula is C44H32Cl2NiP2. The molecular weight excluding hydrogens is 720 g/mol. The molecule has 8 aromatic rings. The molecule has 0 nitrogen and oxygen atoms in total. The van der Waals surface area contributed by atoms with Crippen molar-refractivity contribution in [3.05, 3.63) is 194 Å². The third-order valence-electron chi connectivity index (χ3n) is 8.60. The van der Waals surface area contributed by atoms with Crippen molar-refractivity contribution in [1.29, 1.82) is 0 Å². The molecule has 0 saturated heterocycles. The summed E-state index contributed by atoms with van der Waals surface area (Å²) in [6, 6.07) is 71.8. The predicted molar refractivity (Wildman–Crippen MR) is 216 cm³/mol. The maximum absolute atomic E-state index is 4.70. The first kappa shape index (κ1) is 33.7.